The minimum atomic E-state index is -0.523. The Morgan fingerprint density at radius 3 is 2.49 bits per heavy atom. The summed E-state index contributed by atoms with van der Waals surface area (Å²) in [5, 5.41) is 7.16. The highest BCUT2D eigenvalue weighted by atomic mass is 16.6. The van der Waals surface area contributed by atoms with Gasteiger partial charge in [0, 0.05) is 36.8 Å². The lowest BCUT2D eigenvalue weighted by Gasteiger charge is -2.33. The van der Waals surface area contributed by atoms with E-state index in [2.05, 4.69) is 17.6 Å². The summed E-state index contributed by atoms with van der Waals surface area (Å²) in [5.41, 5.74) is 2.87. The van der Waals surface area contributed by atoms with Crippen LogP contribution in [0.4, 0.5) is 4.79 Å². The van der Waals surface area contributed by atoms with E-state index in [-0.39, 0.29) is 18.0 Å². The molecule has 0 saturated carbocycles. The number of rotatable bonds is 7. The van der Waals surface area contributed by atoms with Crippen molar-refractivity contribution in [2.45, 2.75) is 73.0 Å². The number of furan rings is 1. The molecule has 0 aliphatic carbocycles. The zero-order valence-electron chi connectivity index (χ0n) is 22.0. The van der Waals surface area contributed by atoms with Gasteiger partial charge in [0.2, 0.25) is 0 Å². The Kier molecular flexibility index (Phi) is 8.35. The summed E-state index contributed by atoms with van der Waals surface area (Å²) in [7, 11) is 0. The molecule has 1 aromatic carbocycles. The summed E-state index contributed by atoms with van der Waals surface area (Å²) in [6.45, 7) is 15.9. The highest BCUT2D eigenvalue weighted by molar-refractivity contribution is 6.07. The van der Waals surface area contributed by atoms with Gasteiger partial charge >= 0.3 is 6.09 Å². The molecular formula is C27H39N3O5. The Morgan fingerprint density at radius 2 is 1.86 bits per heavy atom. The number of piperidine rings is 1. The predicted molar refractivity (Wildman–Crippen MR) is 137 cm³/mol. The summed E-state index contributed by atoms with van der Waals surface area (Å²) < 4.78 is 17.3. The topological polar surface area (TPSA) is 93.0 Å². The summed E-state index contributed by atoms with van der Waals surface area (Å²) in [6.07, 6.45) is 1.04. The number of nitrogens with one attached hydrogen (secondary N) is 2. The number of hydrogen-bond donors (Lipinski definition) is 2. The smallest absolute Gasteiger partial charge is 0.410 e. The first kappa shape index (κ1) is 26.4. The first-order valence-corrected chi connectivity index (χ1v) is 12.3. The molecule has 192 valence electrons. The van der Waals surface area contributed by atoms with Gasteiger partial charge in [0.25, 0.3) is 5.91 Å². The summed E-state index contributed by atoms with van der Waals surface area (Å²) in [5.74, 6) is 1.08. The second-order valence-electron chi connectivity index (χ2n) is 10.1. The maximum absolute atomic E-state index is 13.2. The van der Waals surface area contributed by atoms with Gasteiger partial charge < -0.3 is 29.4 Å². The molecule has 1 aromatic heterocycles. The van der Waals surface area contributed by atoms with Crippen LogP contribution in [0.1, 0.15) is 70.5 Å². The van der Waals surface area contributed by atoms with Gasteiger partial charge in [-0.25, -0.2) is 4.79 Å². The molecule has 0 atom stereocenters. The van der Waals surface area contributed by atoms with Crippen LogP contribution in [0.3, 0.4) is 0 Å². The van der Waals surface area contributed by atoms with Gasteiger partial charge in [-0.05, 0) is 85.1 Å². The van der Waals surface area contributed by atoms with Crippen molar-refractivity contribution in [1.82, 2.24) is 15.5 Å². The van der Waals surface area contributed by atoms with Gasteiger partial charge in [-0.3, -0.25) is 4.79 Å². The lowest BCUT2D eigenvalue weighted by atomic mass is 10.0. The van der Waals surface area contributed by atoms with Crippen molar-refractivity contribution in [3.05, 3.63) is 40.8 Å². The number of ether oxygens (including phenoxy) is 2. The van der Waals surface area contributed by atoms with Crippen molar-refractivity contribution < 1.29 is 23.5 Å². The molecule has 0 radical (unpaired) electrons. The largest absolute Gasteiger partial charge is 0.489 e. The zero-order chi connectivity index (χ0) is 25.8. The van der Waals surface area contributed by atoms with E-state index in [1.54, 1.807) is 11.8 Å². The Bertz CT molecular complexity index is 1090. The lowest BCUT2D eigenvalue weighted by molar-refractivity contribution is 0.0199. The first-order valence-electron chi connectivity index (χ1n) is 12.3. The molecule has 2 N–H and O–H groups in total. The van der Waals surface area contributed by atoms with Crippen molar-refractivity contribution in [2.24, 2.45) is 0 Å². The number of allylic oxidation sites excluding steroid dienone is 1. The Labute approximate surface area is 208 Å². The third-order valence-electron chi connectivity index (χ3n) is 6.08. The van der Waals surface area contributed by atoms with Crippen LogP contribution in [-0.4, -0.2) is 54.8 Å². The molecule has 2 aromatic rings. The van der Waals surface area contributed by atoms with Crippen molar-refractivity contribution in [2.75, 3.05) is 26.2 Å². The molecular weight excluding hydrogens is 446 g/mol. The van der Waals surface area contributed by atoms with Crippen LogP contribution < -0.4 is 15.4 Å². The number of carbonyl (C=O) groups excluding carboxylic acids is 2. The number of benzene rings is 1. The Morgan fingerprint density at radius 1 is 1.17 bits per heavy atom. The molecule has 0 bridgehead atoms. The van der Waals surface area contributed by atoms with Crippen LogP contribution in [0.15, 0.2) is 33.9 Å². The molecule has 1 aliphatic heterocycles. The average molecular weight is 486 g/mol. The number of aryl methyl sites for hydroxylation is 1. The van der Waals surface area contributed by atoms with Crippen LogP contribution in [-0.2, 0) is 4.74 Å². The van der Waals surface area contributed by atoms with E-state index in [4.69, 9.17) is 13.9 Å². The lowest BCUT2D eigenvalue weighted by Crippen LogP contribution is -2.47. The van der Waals surface area contributed by atoms with E-state index in [0.717, 1.165) is 23.2 Å². The molecule has 3 rings (SSSR count). The van der Waals surface area contributed by atoms with Crippen LogP contribution in [0.5, 0.6) is 5.75 Å². The van der Waals surface area contributed by atoms with Gasteiger partial charge in [-0.15, -0.1) is 0 Å². The maximum atomic E-state index is 13.2. The van der Waals surface area contributed by atoms with Crippen LogP contribution in [0, 0.1) is 6.92 Å². The average Bonchev–Trinajstić information content (AvgIpc) is 3.11. The molecule has 0 unspecified atom stereocenters. The number of nitrogens with zero attached hydrogens (tertiary/aromatic N) is 1. The fourth-order valence-corrected chi connectivity index (χ4v) is 4.08. The van der Waals surface area contributed by atoms with Gasteiger partial charge in [0.05, 0.1) is 5.56 Å². The summed E-state index contributed by atoms with van der Waals surface area (Å²) >= 11 is 0. The van der Waals surface area contributed by atoms with E-state index in [0.29, 0.717) is 55.2 Å². The molecule has 0 spiro atoms. The molecule has 2 amide bonds. The normalized spacial score (nSPS) is 15.6. The van der Waals surface area contributed by atoms with Gasteiger partial charge in [0.1, 0.15) is 29.3 Å². The van der Waals surface area contributed by atoms with Crippen LogP contribution >= 0.6 is 0 Å². The Hall–Kier alpha value is -3.16. The van der Waals surface area contributed by atoms with Gasteiger partial charge in [-0.1, -0.05) is 0 Å². The predicted octanol–water partition coefficient (Wildman–Crippen LogP) is 5.15. The van der Waals surface area contributed by atoms with Crippen molar-refractivity contribution in [3.63, 3.8) is 0 Å². The summed E-state index contributed by atoms with van der Waals surface area (Å²) in [4.78, 5) is 27.2. The van der Waals surface area contributed by atoms with E-state index in [1.807, 2.05) is 52.8 Å². The van der Waals surface area contributed by atoms with E-state index in [9.17, 15) is 9.59 Å². The zero-order valence-corrected chi connectivity index (χ0v) is 22.0. The highest BCUT2D eigenvalue weighted by Crippen LogP contribution is 2.30. The third-order valence-corrected chi connectivity index (χ3v) is 6.08. The molecule has 1 saturated heterocycles. The van der Waals surface area contributed by atoms with Crippen LogP contribution in [0.2, 0.25) is 0 Å². The standard InChI is InChI=1S/C27H39N3O5/c1-8-28-18(3)17(2)16-33-21-9-10-23-22(15-21)24(19(4)34-23)25(31)29-20-11-13-30(14-12-20)26(32)35-27(5,6)7/h9-10,15,20,28H,8,11-14,16H2,1-7H3,(H,29,31)/b18-17+. The van der Waals surface area contributed by atoms with Crippen molar-refractivity contribution in [3.8, 4) is 5.75 Å². The monoisotopic (exact) mass is 485 g/mol. The minimum Gasteiger partial charge on any atom is -0.489 e. The van der Waals surface area contributed by atoms with Gasteiger partial charge in [-0.2, -0.15) is 0 Å². The minimum absolute atomic E-state index is 0.0215. The second kappa shape index (κ2) is 11.1. The Balaban J connectivity index is 1.65. The number of amides is 2. The fourth-order valence-electron chi connectivity index (χ4n) is 4.08. The maximum Gasteiger partial charge on any atom is 0.410 e. The molecule has 35 heavy (non-hydrogen) atoms. The summed E-state index contributed by atoms with van der Waals surface area (Å²) in [6, 6.07) is 5.53. The molecule has 1 fully saturated rings. The van der Waals surface area contributed by atoms with Crippen molar-refractivity contribution in [1.29, 1.82) is 0 Å². The van der Waals surface area contributed by atoms with E-state index >= 15 is 0 Å². The molecule has 2 heterocycles. The molecule has 1 aliphatic rings. The third kappa shape index (κ3) is 6.93. The van der Waals surface area contributed by atoms with E-state index < -0.39 is 5.60 Å². The number of fused-ring (bicyclic) bond motifs is 1. The van der Waals surface area contributed by atoms with Gasteiger partial charge in [0.15, 0.2) is 0 Å². The molecule has 8 heteroatoms. The molecule has 8 nitrogen and oxygen atoms in total. The first-order chi connectivity index (χ1) is 16.5. The fraction of sp³-hybridized carbons (Fsp3) is 0.556. The van der Waals surface area contributed by atoms with Crippen molar-refractivity contribution >= 4 is 23.0 Å². The quantitative estimate of drug-likeness (QED) is 0.563. The van der Waals surface area contributed by atoms with E-state index in [1.165, 1.54) is 0 Å². The number of carbonyl (C=O) groups is 2. The SMILES string of the molecule is CCN/C(C)=C(\C)COc1ccc2oc(C)c(C(=O)NC3CCN(C(=O)OC(C)(C)C)CC3)c2c1. The number of hydrogen-bond acceptors (Lipinski definition) is 6. The van der Waals surface area contributed by atoms with Crippen LogP contribution in [0.25, 0.3) is 11.0 Å². The second-order valence-corrected chi connectivity index (χ2v) is 10.1. The highest BCUT2D eigenvalue weighted by Gasteiger charge is 2.29. The number of likely N-dealkylation sites (tertiary alicyclic amines) is 1.